The van der Waals surface area contributed by atoms with Gasteiger partial charge in [-0.15, -0.1) is 0 Å². The number of amides is 1. The molecule has 9 heteroatoms. The molecule has 2 N–H and O–H groups in total. The SMILES string of the molecule is CCCCCCCCCCCCC=CC[C@@H](O)[C@H](COP(=O)([O-])OCC[N+](C)(C)C)NC(=O)CC=CCCCCCCCCCCCCCCCCC. The number of nitrogens with zero attached hydrogens (tertiary/aromatic N) is 1. The third-order valence-electron chi connectivity index (χ3n) is 9.95. The second-order valence-electron chi connectivity index (χ2n) is 16.4. The quantitative estimate of drug-likeness (QED) is 0.0278. The predicted octanol–water partition coefficient (Wildman–Crippen LogP) is 11.5. The Morgan fingerprint density at radius 1 is 0.642 bits per heavy atom. The molecule has 0 aliphatic rings. The Balaban J connectivity index is 4.43. The standard InChI is InChI=1S/C44H87N2O6P/c1-6-8-10-12-14-16-18-20-21-22-23-24-26-28-30-32-34-36-38-44(48)45-42(41-52-53(49,50)51-40-39-46(3,4)5)43(47)37-35-33-31-29-27-25-19-17-15-13-11-9-7-2/h33-36,42-43,47H,6-32,37-41H2,1-5H3,(H-,45,48,49,50)/t42-,43+/m0/s1. The number of rotatable bonds is 40. The fourth-order valence-electron chi connectivity index (χ4n) is 6.36. The largest absolute Gasteiger partial charge is 0.756 e. The zero-order chi connectivity index (χ0) is 39.3. The van der Waals surface area contributed by atoms with Gasteiger partial charge in [0.15, 0.2) is 0 Å². The zero-order valence-electron chi connectivity index (χ0n) is 35.5. The van der Waals surface area contributed by atoms with Crippen molar-refractivity contribution in [2.45, 2.75) is 212 Å². The molecule has 314 valence electrons. The highest BCUT2D eigenvalue weighted by Gasteiger charge is 2.23. The van der Waals surface area contributed by atoms with Crippen molar-refractivity contribution in [1.82, 2.24) is 5.32 Å². The molecule has 0 radical (unpaired) electrons. The van der Waals surface area contributed by atoms with Crippen LogP contribution in [0.2, 0.25) is 0 Å². The van der Waals surface area contributed by atoms with Crippen molar-refractivity contribution in [3.05, 3.63) is 24.3 Å². The second kappa shape index (κ2) is 36.6. The lowest BCUT2D eigenvalue weighted by Gasteiger charge is -2.29. The van der Waals surface area contributed by atoms with Gasteiger partial charge >= 0.3 is 0 Å². The Morgan fingerprint density at radius 3 is 1.45 bits per heavy atom. The summed E-state index contributed by atoms with van der Waals surface area (Å²) in [4.78, 5) is 25.2. The van der Waals surface area contributed by atoms with Crippen molar-refractivity contribution in [3.8, 4) is 0 Å². The lowest BCUT2D eigenvalue weighted by molar-refractivity contribution is -0.870. The van der Waals surface area contributed by atoms with E-state index in [0.29, 0.717) is 17.4 Å². The Bertz CT molecular complexity index is 922. The monoisotopic (exact) mass is 771 g/mol. The number of phosphoric acid groups is 1. The first-order chi connectivity index (χ1) is 25.5. The van der Waals surface area contributed by atoms with Crippen LogP contribution in [0.4, 0.5) is 0 Å². The maximum atomic E-state index is 12.8. The fourth-order valence-corrected chi connectivity index (χ4v) is 7.08. The number of hydrogen-bond donors (Lipinski definition) is 2. The van der Waals surface area contributed by atoms with E-state index in [1.54, 1.807) is 0 Å². The van der Waals surface area contributed by atoms with E-state index in [9.17, 15) is 19.4 Å². The molecule has 0 bridgehead atoms. The molecule has 0 fully saturated rings. The van der Waals surface area contributed by atoms with E-state index in [1.807, 2.05) is 39.4 Å². The number of hydrogen-bond acceptors (Lipinski definition) is 6. The van der Waals surface area contributed by atoms with Gasteiger partial charge in [-0.3, -0.25) is 9.36 Å². The summed E-state index contributed by atoms with van der Waals surface area (Å²) in [6, 6.07) is -0.877. The summed E-state index contributed by atoms with van der Waals surface area (Å²) in [5, 5.41) is 13.7. The topological polar surface area (TPSA) is 108 Å². The molecule has 8 nitrogen and oxygen atoms in total. The van der Waals surface area contributed by atoms with Gasteiger partial charge in [-0.25, -0.2) is 0 Å². The molecule has 1 unspecified atom stereocenters. The van der Waals surface area contributed by atoms with Gasteiger partial charge in [-0.2, -0.15) is 0 Å². The molecular formula is C44H87N2O6P. The molecule has 0 aromatic heterocycles. The highest BCUT2D eigenvalue weighted by molar-refractivity contribution is 7.45. The summed E-state index contributed by atoms with van der Waals surface area (Å²) in [6.07, 6.45) is 42.3. The van der Waals surface area contributed by atoms with Crippen molar-refractivity contribution >= 4 is 13.7 Å². The van der Waals surface area contributed by atoms with Crippen LogP contribution in [0.3, 0.4) is 0 Å². The molecule has 0 aliphatic carbocycles. The predicted molar refractivity (Wildman–Crippen MR) is 224 cm³/mol. The smallest absolute Gasteiger partial charge is 0.268 e. The molecule has 0 aliphatic heterocycles. The molecule has 0 spiro atoms. The van der Waals surface area contributed by atoms with Crippen LogP contribution in [0, 0.1) is 0 Å². The van der Waals surface area contributed by atoms with E-state index >= 15 is 0 Å². The zero-order valence-corrected chi connectivity index (χ0v) is 36.4. The lowest BCUT2D eigenvalue weighted by Crippen LogP contribution is -2.46. The number of carbonyl (C=O) groups is 1. The van der Waals surface area contributed by atoms with Gasteiger partial charge in [0.1, 0.15) is 13.2 Å². The van der Waals surface area contributed by atoms with Crippen LogP contribution in [0.15, 0.2) is 24.3 Å². The number of aliphatic hydroxyl groups excluding tert-OH is 1. The summed E-state index contributed by atoms with van der Waals surface area (Å²) in [6.45, 7) is 4.63. The fraction of sp³-hybridized carbons (Fsp3) is 0.886. The van der Waals surface area contributed by atoms with Gasteiger partial charge in [0.05, 0.1) is 39.9 Å². The van der Waals surface area contributed by atoms with Crippen LogP contribution in [-0.4, -0.2) is 68.5 Å². The van der Waals surface area contributed by atoms with E-state index in [1.165, 1.54) is 148 Å². The Kier molecular flexibility index (Phi) is 35.9. The van der Waals surface area contributed by atoms with E-state index < -0.39 is 20.0 Å². The number of nitrogens with one attached hydrogen (secondary N) is 1. The van der Waals surface area contributed by atoms with Crippen LogP contribution in [0.25, 0.3) is 0 Å². The molecule has 0 saturated carbocycles. The molecule has 53 heavy (non-hydrogen) atoms. The van der Waals surface area contributed by atoms with Crippen LogP contribution < -0.4 is 10.2 Å². The first kappa shape index (κ1) is 52.0. The van der Waals surface area contributed by atoms with Crippen molar-refractivity contribution in [3.63, 3.8) is 0 Å². The summed E-state index contributed by atoms with van der Waals surface area (Å²) in [5.74, 6) is -0.272. The van der Waals surface area contributed by atoms with E-state index in [4.69, 9.17) is 9.05 Å². The minimum absolute atomic E-state index is 0.00426. The third-order valence-corrected chi connectivity index (χ3v) is 10.9. The Morgan fingerprint density at radius 2 is 1.04 bits per heavy atom. The Labute approximate surface area is 328 Å². The number of unbranched alkanes of at least 4 members (excludes halogenated alkanes) is 25. The minimum atomic E-state index is -4.59. The lowest BCUT2D eigenvalue weighted by atomic mass is 10.0. The summed E-state index contributed by atoms with van der Waals surface area (Å²) < 4.78 is 23.2. The van der Waals surface area contributed by atoms with E-state index in [2.05, 4.69) is 25.2 Å². The highest BCUT2D eigenvalue weighted by atomic mass is 31.2. The molecule has 0 heterocycles. The van der Waals surface area contributed by atoms with Crippen LogP contribution in [0.5, 0.6) is 0 Å². The van der Waals surface area contributed by atoms with Gasteiger partial charge < -0.3 is 28.8 Å². The van der Waals surface area contributed by atoms with Gasteiger partial charge in [0, 0.05) is 6.42 Å². The van der Waals surface area contributed by atoms with Crippen LogP contribution in [-0.2, 0) is 18.4 Å². The maximum absolute atomic E-state index is 12.8. The first-order valence-electron chi connectivity index (χ1n) is 22.2. The minimum Gasteiger partial charge on any atom is -0.756 e. The molecule has 0 rings (SSSR count). The van der Waals surface area contributed by atoms with Crippen molar-refractivity contribution in [1.29, 1.82) is 0 Å². The maximum Gasteiger partial charge on any atom is 0.268 e. The Hall–Kier alpha value is -1.02. The highest BCUT2D eigenvalue weighted by Crippen LogP contribution is 2.38. The number of carbonyl (C=O) groups excluding carboxylic acids is 1. The molecule has 0 saturated heterocycles. The number of aliphatic hydroxyl groups is 1. The van der Waals surface area contributed by atoms with Gasteiger partial charge in [-0.05, 0) is 32.1 Å². The average molecular weight is 771 g/mol. The average Bonchev–Trinajstić information content (AvgIpc) is 3.10. The number of phosphoric ester groups is 1. The normalized spacial score (nSPS) is 14.6. The summed E-state index contributed by atoms with van der Waals surface area (Å²) >= 11 is 0. The second-order valence-corrected chi connectivity index (χ2v) is 17.8. The third kappa shape index (κ3) is 39.0. The van der Waals surface area contributed by atoms with Crippen molar-refractivity contribution in [2.75, 3.05) is 40.9 Å². The summed E-state index contributed by atoms with van der Waals surface area (Å²) in [7, 11) is 1.25. The summed E-state index contributed by atoms with van der Waals surface area (Å²) in [5.41, 5.74) is 0. The van der Waals surface area contributed by atoms with Gasteiger partial charge in [0.2, 0.25) is 5.91 Å². The molecule has 0 aromatic rings. The van der Waals surface area contributed by atoms with Gasteiger partial charge in [-0.1, -0.05) is 186 Å². The first-order valence-corrected chi connectivity index (χ1v) is 23.6. The van der Waals surface area contributed by atoms with E-state index in [0.717, 1.165) is 25.7 Å². The molecule has 3 atom stereocenters. The number of likely N-dealkylation sites (N-methyl/N-ethyl adjacent to an activating group) is 1. The molecule has 1 amide bonds. The van der Waals surface area contributed by atoms with Crippen molar-refractivity contribution < 1.29 is 32.9 Å². The number of allylic oxidation sites excluding steroid dienone is 2. The van der Waals surface area contributed by atoms with Crippen molar-refractivity contribution in [2.24, 2.45) is 0 Å². The van der Waals surface area contributed by atoms with Gasteiger partial charge in [0.25, 0.3) is 7.82 Å². The molecular weight excluding hydrogens is 683 g/mol. The van der Waals surface area contributed by atoms with E-state index in [-0.39, 0.29) is 25.5 Å². The van der Waals surface area contributed by atoms with Crippen LogP contribution >= 0.6 is 7.82 Å². The van der Waals surface area contributed by atoms with Crippen LogP contribution in [0.1, 0.15) is 200 Å². The molecule has 0 aromatic carbocycles. The number of quaternary nitrogens is 1.